The van der Waals surface area contributed by atoms with E-state index in [1.165, 1.54) is 12.4 Å². The summed E-state index contributed by atoms with van der Waals surface area (Å²) in [5, 5.41) is 12.9. The van der Waals surface area contributed by atoms with Crippen molar-refractivity contribution in [2.75, 3.05) is 26.2 Å². The molecule has 1 aromatic heterocycles. The number of nitrogens with zero attached hydrogens (tertiary/aromatic N) is 3. The van der Waals surface area contributed by atoms with Crippen molar-refractivity contribution in [1.82, 2.24) is 20.2 Å². The first kappa shape index (κ1) is 12.9. The van der Waals surface area contributed by atoms with E-state index in [2.05, 4.69) is 15.3 Å². The first-order valence-corrected chi connectivity index (χ1v) is 6.11. The Labute approximate surface area is 106 Å². The predicted octanol–water partition coefficient (Wildman–Crippen LogP) is 0.0717. The molecule has 0 bridgehead atoms. The molecule has 1 saturated heterocycles. The van der Waals surface area contributed by atoms with E-state index in [-0.39, 0.29) is 0 Å². The second-order valence-electron chi connectivity index (χ2n) is 4.56. The van der Waals surface area contributed by atoms with Gasteiger partial charge in [-0.05, 0) is 19.9 Å². The number of rotatable bonds is 3. The molecule has 0 aromatic carbocycles. The lowest BCUT2D eigenvalue weighted by Crippen LogP contribution is -2.51. The normalized spacial score (nSPS) is 20.9. The fourth-order valence-electron chi connectivity index (χ4n) is 2.25. The van der Waals surface area contributed by atoms with Gasteiger partial charge in [0, 0.05) is 32.0 Å². The molecule has 0 radical (unpaired) electrons. The second kappa shape index (κ2) is 5.41. The highest BCUT2D eigenvalue weighted by Crippen LogP contribution is 2.27. The Morgan fingerprint density at radius 1 is 1.44 bits per heavy atom. The fraction of sp³-hybridized carbons (Fsp3) is 0.583. The summed E-state index contributed by atoms with van der Waals surface area (Å²) in [6.07, 6.45) is 5.55. The van der Waals surface area contributed by atoms with Crippen LogP contribution in [0.2, 0.25) is 0 Å². The van der Waals surface area contributed by atoms with Gasteiger partial charge in [-0.3, -0.25) is 14.9 Å². The molecule has 0 aliphatic carbocycles. The minimum atomic E-state index is -1.11. The third kappa shape index (κ3) is 2.34. The molecule has 6 nitrogen and oxygen atoms in total. The van der Waals surface area contributed by atoms with Crippen LogP contribution in [-0.4, -0.2) is 52.1 Å². The quantitative estimate of drug-likeness (QED) is 0.790. The van der Waals surface area contributed by atoms with Crippen molar-refractivity contribution < 1.29 is 9.90 Å². The molecule has 1 aromatic rings. The van der Waals surface area contributed by atoms with Crippen LogP contribution in [0.1, 0.15) is 19.0 Å². The maximum Gasteiger partial charge on any atom is 0.330 e. The van der Waals surface area contributed by atoms with Crippen molar-refractivity contribution in [3.05, 3.63) is 24.3 Å². The van der Waals surface area contributed by atoms with Crippen LogP contribution in [-0.2, 0) is 10.3 Å². The number of aromatic nitrogens is 2. The molecule has 1 aliphatic heterocycles. The van der Waals surface area contributed by atoms with Gasteiger partial charge >= 0.3 is 5.97 Å². The number of carboxylic acids is 1. The molecule has 1 atom stereocenters. The summed E-state index contributed by atoms with van der Waals surface area (Å²) in [6.45, 7) is 4.85. The van der Waals surface area contributed by atoms with Crippen molar-refractivity contribution in [3.63, 3.8) is 0 Å². The zero-order valence-corrected chi connectivity index (χ0v) is 10.5. The molecule has 2 heterocycles. The van der Waals surface area contributed by atoms with Crippen LogP contribution in [0.15, 0.2) is 18.6 Å². The number of hydrogen-bond acceptors (Lipinski definition) is 5. The number of carbonyl (C=O) groups is 1. The monoisotopic (exact) mass is 250 g/mol. The average molecular weight is 250 g/mol. The number of aliphatic carboxylic acids is 1. The smallest absolute Gasteiger partial charge is 0.330 e. The Hall–Kier alpha value is -1.53. The summed E-state index contributed by atoms with van der Waals surface area (Å²) in [6, 6.07) is 0. The standard InChI is InChI=1S/C12H18N4O2/c1-12(11(17)18,10-9-14-4-5-15-10)16-7-2-3-13-6-8-16/h4-5,9,13H,2-3,6-8H2,1H3,(H,17,18). The van der Waals surface area contributed by atoms with E-state index in [1.807, 2.05) is 4.90 Å². The maximum absolute atomic E-state index is 11.7. The van der Waals surface area contributed by atoms with Gasteiger partial charge in [0.05, 0.1) is 11.9 Å². The van der Waals surface area contributed by atoms with Crippen LogP contribution in [0.5, 0.6) is 0 Å². The van der Waals surface area contributed by atoms with Crippen molar-refractivity contribution >= 4 is 5.97 Å². The lowest BCUT2D eigenvalue weighted by atomic mass is 9.95. The summed E-state index contributed by atoms with van der Waals surface area (Å²) in [4.78, 5) is 21.8. The third-order valence-corrected chi connectivity index (χ3v) is 3.45. The Balaban J connectivity index is 2.34. The SMILES string of the molecule is CC(C(=O)O)(c1cnccn1)N1CCCNCC1. The average Bonchev–Trinajstić information content (AvgIpc) is 2.67. The number of hydrogen-bond donors (Lipinski definition) is 2. The van der Waals surface area contributed by atoms with Gasteiger partial charge in [0.2, 0.25) is 0 Å². The molecule has 2 N–H and O–H groups in total. The van der Waals surface area contributed by atoms with Gasteiger partial charge in [-0.15, -0.1) is 0 Å². The maximum atomic E-state index is 11.7. The van der Waals surface area contributed by atoms with Crippen molar-refractivity contribution in [2.45, 2.75) is 18.9 Å². The van der Waals surface area contributed by atoms with Gasteiger partial charge in [0.1, 0.15) is 0 Å². The first-order chi connectivity index (χ1) is 8.65. The van der Waals surface area contributed by atoms with Crippen LogP contribution >= 0.6 is 0 Å². The summed E-state index contributed by atoms with van der Waals surface area (Å²) in [5.74, 6) is -0.884. The van der Waals surface area contributed by atoms with Gasteiger partial charge in [-0.25, -0.2) is 4.79 Å². The van der Waals surface area contributed by atoms with E-state index >= 15 is 0 Å². The molecule has 18 heavy (non-hydrogen) atoms. The highest BCUT2D eigenvalue weighted by Gasteiger charge is 2.42. The Morgan fingerprint density at radius 3 is 2.94 bits per heavy atom. The van der Waals surface area contributed by atoms with Crippen LogP contribution in [0.25, 0.3) is 0 Å². The molecule has 98 valence electrons. The fourth-order valence-corrected chi connectivity index (χ4v) is 2.25. The topological polar surface area (TPSA) is 78.3 Å². The van der Waals surface area contributed by atoms with E-state index in [9.17, 15) is 9.90 Å². The van der Waals surface area contributed by atoms with Gasteiger partial charge < -0.3 is 10.4 Å². The molecule has 1 unspecified atom stereocenters. The summed E-state index contributed by atoms with van der Waals surface area (Å²) in [7, 11) is 0. The zero-order valence-electron chi connectivity index (χ0n) is 10.5. The highest BCUT2D eigenvalue weighted by atomic mass is 16.4. The van der Waals surface area contributed by atoms with E-state index in [0.717, 1.165) is 26.1 Å². The number of nitrogens with one attached hydrogen (secondary N) is 1. The van der Waals surface area contributed by atoms with E-state index < -0.39 is 11.5 Å². The molecule has 2 rings (SSSR count). The second-order valence-corrected chi connectivity index (χ2v) is 4.56. The first-order valence-electron chi connectivity index (χ1n) is 6.11. The van der Waals surface area contributed by atoms with E-state index in [0.29, 0.717) is 12.2 Å². The van der Waals surface area contributed by atoms with E-state index in [1.54, 1.807) is 13.1 Å². The largest absolute Gasteiger partial charge is 0.480 e. The van der Waals surface area contributed by atoms with Gasteiger partial charge in [-0.2, -0.15) is 0 Å². The van der Waals surface area contributed by atoms with Crippen molar-refractivity contribution in [3.8, 4) is 0 Å². The van der Waals surface area contributed by atoms with Crippen LogP contribution in [0, 0.1) is 0 Å². The van der Waals surface area contributed by atoms with Crippen LogP contribution in [0.3, 0.4) is 0 Å². The number of carboxylic acid groups (broad SMARTS) is 1. The molecule has 0 amide bonds. The van der Waals surface area contributed by atoms with Gasteiger partial charge in [0.15, 0.2) is 5.54 Å². The third-order valence-electron chi connectivity index (χ3n) is 3.45. The summed E-state index contributed by atoms with van der Waals surface area (Å²) >= 11 is 0. The van der Waals surface area contributed by atoms with Crippen molar-refractivity contribution in [2.24, 2.45) is 0 Å². The van der Waals surface area contributed by atoms with Crippen LogP contribution < -0.4 is 5.32 Å². The molecule has 1 fully saturated rings. The molecule has 0 saturated carbocycles. The summed E-state index contributed by atoms with van der Waals surface area (Å²) in [5.41, 5.74) is -0.625. The highest BCUT2D eigenvalue weighted by molar-refractivity contribution is 5.79. The lowest BCUT2D eigenvalue weighted by Gasteiger charge is -2.36. The zero-order chi connectivity index (χ0) is 13.0. The Morgan fingerprint density at radius 2 is 2.28 bits per heavy atom. The minimum Gasteiger partial charge on any atom is -0.480 e. The molecular weight excluding hydrogens is 232 g/mol. The molecule has 6 heteroatoms. The molecule has 1 aliphatic rings. The Bertz CT molecular complexity index is 404. The van der Waals surface area contributed by atoms with Crippen LogP contribution in [0.4, 0.5) is 0 Å². The predicted molar refractivity (Wildman–Crippen MR) is 66.1 cm³/mol. The Kier molecular flexibility index (Phi) is 3.88. The van der Waals surface area contributed by atoms with Gasteiger partial charge in [-0.1, -0.05) is 0 Å². The molecule has 0 spiro atoms. The minimum absolute atomic E-state index is 0.486. The van der Waals surface area contributed by atoms with E-state index in [4.69, 9.17) is 0 Å². The van der Waals surface area contributed by atoms with Crippen molar-refractivity contribution in [1.29, 1.82) is 0 Å². The molecular formula is C12H18N4O2. The lowest BCUT2D eigenvalue weighted by molar-refractivity contribution is -0.151. The van der Waals surface area contributed by atoms with Gasteiger partial charge in [0.25, 0.3) is 0 Å². The summed E-state index contributed by atoms with van der Waals surface area (Å²) < 4.78 is 0.